The Kier molecular flexibility index (Phi) is 8.26. The molecule has 0 fully saturated rings. The van der Waals surface area contributed by atoms with Crippen molar-refractivity contribution in [2.45, 2.75) is 57.9 Å². The number of nitrogens with two attached hydrogens (primary N) is 1. The molecule has 3 N–H and O–H groups in total. The lowest BCUT2D eigenvalue weighted by molar-refractivity contribution is 0.433. The monoisotopic (exact) mass is 348 g/mol. The summed E-state index contributed by atoms with van der Waals surface area (Å²) < 4.78 is 28.0. The van der Waals surface area contributed by atoms with Gasteiger partial charge >= 0.3 is 0 Å². The maximum atomic E-state index is 14.0. The lowest BCUT2D eigenvalue weighted by atomic mass is 9.99. The molecule has 20 heavy (non-hydrogen) atoms. The second kappa shape index (κ2) is 9.42. The van der Waals surface area contributed by atoms with E-state index >= 15 is 0 Å². The molecule has 2 nitrogen and oxygen atoms in total. The van der Waals surface area contributed by atoms with Gasteiger partial charge in [0.05, 0.1) is 10.5 Å². The fraction of sp³-hybridized carbons (Fsp3) is 0.600. The molecule has 114 valence electrons. The van der Waals surface area contributed by atoms with E-state index in [1.165, 1.54) is 31.4 Å². The van der Waals surface area contributed by atoms with Crippen LogP contribution in [0.15, 0.2) is 16.6 Å². The zero-order chi connectivity index (χ0) is 15.0. The van der Waals surface area contributed by atoms with Crippen molar-refractivity contribution in [3.05, 3.63) is 33.8 Å². The van der Waals surface area contributed by atoms with Crippen LogP contribution in [0.5, 0.6) is 0 Å². The van der Waals surface area contributed by atoms with E-state index in [4.69, 9.17) is 5.84 Å². The van der Waals surface area contributed by atoms with Crippen molar-refractivity contribution in [3.8, 4) is 0 Å². The maximum absolute atomic E-state index is 14.0. The number of halogens is 3. The van der Waals surface area contributed by atoms with Gasteiger partial charge in [0.1, 0.15) is 11.6 Å². The summed E-state index contributed by atoms with van der Waals surface area (Å²) in [4.78, 5) is 0. The van der Waals surface area contributed by atoms with Crippen molar-refractivity contribution < 1.29 is 8.78 Å². The molecule has 0 saturated heterocycles. The Morgan fingerprint density at radius 3 is 2.45 bits per heavy atom. The summed E-state index contributed by atoms with van der Waals surface area (Å²) >= 11 is 3.08. The summed E-state index contributed by atoms with van der Waals surface area (Å²) in [6.45, 7) is 2.17. The molecule has 0 aliphatic carbocycles. The molecule has 0 amide bonds. The van der Waals surface area contributed by atoms with E-state index in [0.29, 0.717) is 6.42 Å². The highest BCUT2D eigenvalue weighted by molar-refractivity contribution is 9.10. The van der Waals surface area contributed by atoms with Gasteiger partial charge in [0.25, 0.3) is 0 Å². The van der Waals surface area contributed by atoms with Gasteiger partial charge in [0, 0.05) is 5.56 Å². The first kappa shape index (κ1) is 17.5. The van der Waals surface area contributed by atoms with E-state index < -0.39 is 17.7 Å². The Balaban J connectivity index is 2.56. The van der Waals surface area contributed by atoms with Gasteiger partial charge in [-0.15, -0.1) is 0 Å². The third-order valence-corrected chi connectivity index (χ3v) is 4.09. The maximum Gasteiger partial charge on any atom is 0.145 e. The predicted molar refractivity (Wildman–Crippen MR) is 82.1 cm³/mol. The molecule has 0 saturated carbocycles. The topological polar surface area (TPSA) is 38.0 Å². The molecule has 0 aromatic heterocycles. The summed E-state index contributed by atoms with van der Waals surface area (Å²) in [6, 6.07) is 2.14. The third kappa shape index (κ3) is 5.11. The second-order valence-electron chi connectivity index (χ2n) is 5.03. The fourth-order valence-corrected chi connectivity index (χ4v) is 2.65. The first-order chi connectivity index (χ1) is 9.61. The first-order valence-electron chi connectivity index (χ1n) is 7.21. The van der Waals surface area contributed by atoms with Crippen LogP contribution in [0.1, 0.15) is 63.5 Å². The Morgan fingerprint density at radius 2 is 1.80 bits per heavy atom. The predicted octanol–water partition coefficient (Wildman–Crippen LogP) is 4.98. The van der Waals surface area contributed by atoms with Crippen LogP contribution in [0.2, 0.25) is 0 Å². The van der Waals surface area contributed by atoms with Crippen molar-refractivity contribution in [2.75, 3.05) is 0 Å². The summed E-state index contributed by atoms with van der Waals surface area (Å²) in [5.41, 5.74) is 2.55. The molecule has 5 heteroatoms. The highest BCUT2D eigenvalue weighted by Gasteiger charge is 2.20. The Hall–Kier alpha value is -0.520. The van der Waals surface area contributed by atoms with E-state index in [1.54, 1.807) is 0 Å². The Labute approximate surface area is 128 Å². The van der Waals surface area contributed by atoms with Gasteiger partial charge in [0.2, 0.25) is 0 Å². The number of hydrazine groups is 1. The van der Waals surface area contributed by atoms with Gasteiger partial charge < -0.3 is 0 Å². The van der Waals surface area contributed by atoms with Gasteiger partial charge in [-0.3, -0.25) is 11.3 Å². The summed E-state index contributed by atoms with van der Waals surface area (Å²) in [6.07, 6.45) is 7.44. The number of benzene rings is 1. The van der Waals surface area contributed by atoms with Gasteiger partial charge in [-0.1, -0.05) is 45.4 Å². The van der Waals surface area contributed by atoms with Crippen LogP contribution >= 0.6 is 15.9 Å². The fourth-order valence-electron chi connectivity index (χ4n) is 2.30. The number of hydrogen-bond donors (Lipinski definition) is 2. The highest BCUT2D eigenvalue weighted by atomic mass is 79.9. The molecular formula is C15H23BrF2N2. The van der Waals surface area contributed by atoms with Crippen LogP contribution in [0.25, 0.3) is 0 Å². The van der Waals surface area contributed by atoms with Crippen LogP contribution in [-0.4, -0.2) is 0 Å². The van der Waals surface area contributed by atoms with Crippen LogP contribution in [-0.2, 0) is 0 Å². The quantitative estimate of drug-likeness (QED) is 0.286. The van der Waals surface area contributed by atoms with E-state index in [2.05, 4.69) is 28.3 Å². The van der Waals surface area contributed by atoms with E-state index in [0.717, 1.165) is 19.3 Å². The molecule has 0 spiro atoms. The molecule has 1 aromatic carbocycles. The molecule has 0 aliphatic rings. The van der Waals surface area contributed by atoms with Crippen molar-refractivity contribution in [1.29, 1.82) is 0 Å². The SMILES string of the molecule is CCCCCCCCC(NN)c1c(F)ccc(Br)c1F. The minimum atomic E-state index is -0.570. The van der Waals surface area contributed by atoms with Crippen LogP contribution < -0.4 is 11.3 Å². The summed E-state index contributed by atoms with van der Waals surface area (Å²) in [5, 5.41) is 0. The summed E-state index contributed by atoms with van der Waals surface area (Å²) in [5.74, 6) is 4.33. The van der Waals surface area contributed by atoms with E-state index in [9.17, 15) is 8.78 Å². The number of rotatable bonds is 9. The van der Waals surface area contributed by atoms with Gasteiger partial charge in [-0.2, -0.15) is 0 Å². The minimum absolute atomic E-state index is 0.0235. The zero-order valence-corrected chi connectivity index (χ0v) is 13.5. The molecule has 1 rings (SSSR count). The lowest BCUT2D eigenvalue weighted by Gasteiger charge is -2.18. The molecule has 0 bridgehead atoms. The number of hydrogen-bond acceptors (Lipinski definition) is 2. The van der Waals surface area contributed by atoms with Gasteiger partial charge in [-0.25, -0.2) is 8.78 Å². The normalized spacial score (nSPS) is 12.7. The molecular weight excluding hydrogens is 326 g/mol. The molecule has 1 aromatic rings. The zero-order valence-electron chi connectivity index (χ0n) is 11.9. The van der Waals surface area contributed by atoms with E-state index in [-0.39, 0.29) is 10.0 Å². The van der Waals surface area contributed by atoms with Crippen LogP contribution in [0.3, 0.4) is 0 Å². The standard InChI is InChI=1S/C15H23BrF2N2/c1-2-3-4-5-6-7-8-13(20-19)14-12(17)10-9-11(16)15(14)18/h9-10,13,20H,2-8,19H2,1H3. The average molecular weight is 349 g/mol. The highest BCUT2D eigenvalue weighted by Crippen LogP contribution is 2.29. The molecule has 1 atom stereocenters. The van der Waals surface area contributed by atoms with Crippen molar-refractivity contribution in [3.63, 3.8) is 0 Å². The molecule has 0 heterocycles. The number of unbranched alkanes of at least 4 members (excludes halogenated alkanes) is 5. The van der Waals surface area contributed by atoms with Crippen LogP contribution in [0, 0.1) is 11.6 Å². The average Bonchev–Trinajstić information content (AvgIpc) is 2.45. The number of nitrogens with one attached hydrogen (secondary N) is 1. The molecule has 1 unspecified atom stereocenters. The minimum Gasteiger partial charge on any atom is -0.271 e. The van der Waals surface area contributed by atoms with Crippen LogP contribution in [0.4, 0.5) is 8.78 Å². The van der Waals surface area contributed by atoms with Crippen molar-refractivity contribution >= 4 is 15.9 Å². The Bertz CT molecular complexity index is 413. The second-order valence-corrected chi connectivity index (χ2v) is 5.89. The summed E-state index contributed by atoms with van der Waals surface area (Å²) in [7, 11) is 0. The smallest absolute Gasteiger partial charge is 0.145 e. The van der Waals surface area contributed by atoms with Gasteiger partial charge in [0.15, 0.2) is 0 Å². The third-order valence-electron chi connectivity index (χ3n) is 3.48. The molecule has 0 aliphatic heterocycles. The Morgan fingerprint density at radius 1 is 1.15 bits per heavy atom. The van der Waals surface area contributed by atoms with Gasteiger partial charge in [-0.05, 0) is 34.5 Å². The molecule has 0 radical (unpaired) electrons. The van der Waals surface area contributed by atoms with E-state index in [1.807, 2.05) is 0 Å². The lowest BCUT2D eigenvalue weighted by Crippen LogP contribution is -2.29. The van der Waals surface area contributed by atoms with Crippen molar-refractivity contribution in [1.82, 2.24) is 5.43 Å². The largest absolute Gasteiger partial charge is 0.271 e. The first-order valence-corrected chi connectivity index (χ1v) is 8.00. The van der Waals surface area contributed by atoms with Crippen molar-refractivity contribution in [2.24, 2.45) is 5.84 Å².